The number of thioether (sulfide) groups is 1. The van der Waals surface area contributed by atoms with E-state index in [0.29, 0.717) is 43.2 Å². The lowest BCUT2D eigenvalue weighted by Crippen LogP contribution is -2.16. The fraction of sp³-hybridized carbons (Fsp3) is 0.0755. The van der Waals surface area contributed by atoms with Gasteiger partial charge in [0.1, 0.15) is 34.5 Å². The van der Waals surface area contributed by atoms with Crippen LogP contribution in [-0.2, 0) is 5.75 Å². The number of aromatic nitrogens is 8. The second kappa shape index (κ2) is 22.5. The number of anilines is 2. The number of carbonyl (C=O) groups is 3. The van der Waals surface area contributed by atoms with E-state index < -0.39 is 5.97 Å². The van der Waals surface area contributed by atoms with Gasteiger partial charge >= 0.3 is 5.97 Å². The molecule has 2 amide bonds. The summed E-state index contributed by atoms with van der Waals surface area (Å²) in [6.45, 7) is 5.97. The maximum absolute atomic E-state index is 13.2. The number of carbonyl (C=O) groups excluding carboxylic acids is 2. The Morgan fingerprint density at radius 2 is 1.04 bits per heavy atom. The fourth-order valence-corrected chi connectivity index (χ4v) is 8.55. The number of para-hydroxylation sites is 2. The van der Waals surface area contributed by atoms with Crippen LogP contribution in [0.5, 0.6) is 0 Å². The van der Waals surface area contributed by atoms with Gasteiger partial charge in [0, 0.05) is 40.8 Å². The molecule has 0 aliphatic heterocycles. The number of hydrogen-bond acceptors (Lipinski definition) is 8. The van der Waals surface area contributed by atoms with Crippen molar-refractivity contribution in [2.24, 2.45) is 0 Å². The summed E-state index contributed by atoms with van der Waals surface area (Å²) >= 11 is 11.8. The van der Waals surface area contributed by atoms with Gasteiger partial charge in [0.15, 0.2) is 14.7 Å². The van der Waals surface area contributed by atoms with Crippen molar-refractivity contribution < 1.29 is 28.3 Å². The zero-order chi connectivity index (χ0) is 50.9. The van der Waals surface area contributed by atoms with Crippen molar-refractivity contribution in [3.05, 3.63) is 225 Å². The lowest BCUT2D eigenvalue weighted by molar-refractivity contribution is 0.0687. The zero-order valence-corrected chi connectivity index (χ0v) is 41.1. The predicted octanol–water partition coefficient (Wildman–Crippen LogP) is 12.5. The molecule has 0 fully saturated rings. The minimum absolute atomic E-state index is 0.133. The van der Waals surface area contributed by atoms with E-state index >= 15 is 0 Å². The highest BCUT2D eigenvalue weighted by Crippen LogP contribution is 2.28. The van der Waals surface area contributed by atoms with E-state index in [9.17, 15) is 23.2 Å². The molecule has 0 unspecified atom stereocenters. The molecule has 0 saturated carbocycles. The van der Waals surface area contributed by atoms with E-state index in [1.54, 1.807) is 17.0 Å². The number of amides is 2. The van der Waals surface area contributed by atoms with Crippen LogP contribution in [0.15, 0.2) is 169 Å². The van der Waals surface area contributed by atoms with Gasteiger partial charge in [-0.25, -0.2) is 23.5 Å². The SMILES string of the molecule is Cc1ccc(-n2c(C(=O)Nc3ccc(F)cc3)c[nH]c2=S)cc1.Cc1ccc(-n2c(C(=O)Nc3ccc(F)cc3)cnc2SCc2nc3ccccc3[nH]2)cc1.Cc1ccc(-n2c(C(=O)O)c[nH]c2=S)cc1. The van der Waals surface area contributed by atoms with Gasteiger partial charge in [0.2, 0.25) is 0 Å². The molecule has 10 rings (SSSR count). The number of halogens is 2. The Balaban J connectivity index is 0.000000155. The van der Waals surface area contributed by atoms with Gasteiger partial charge in [-0.05, 0) is 142 Å². The molecule has 0 aliphatic rings. The molecule has 0 radical (unpaired) electrons. The number of H-pyrrole nitrogens is 3. The van der Waals surface area contributed by atoms with E-state index in [0.717, 1.165) is 50.6 Å². The first-order valence-corrected chi connectivity index (χ1v) is 23.8. The molecule has 4 aromatic heterocycles. The summed E-state index contributed by atoms with van der Waals surface area (Å²) in [5, 5.41) is 15.2. The second-order valence-corrected chi connectivity index (χ2v) is 17.8. The second-order valence-electron chi connectivity index (χ2n) is 16.1. The molecular formula is C53H44F2N10O4S3. The third-order valence-electron chi connectivity index (χ3n) is 10.8. The standard InChI is InChI=1S/C25H20FN5OS.C17H14FN3OS.C11H10N2O2S/c1-16-6-12-19(13-7-16)31-22(24(32)28-18-10-8-17(26)9-11-18)14-27-25(31)33-15-23-29-20-4-2-3-5-21(20)30-23;1-11-2-8-14(9-3-11)21-15(10-19-17(21)23)16(22)20-13-6-4-12(18)5-7-13;1-7-2-4-8(5-3-7)13-9(10(14)15)6-12-11(13)16/h2-14H,15H2,1H3,(H,28,32)(H,29,30);2-10H,1H3,(H,19,23)(H,20,22);2-6H,1H3,(H,12,16)(H,14,15). The van der Waals surface area contributed by atoms with Crippen molar-refractivity contribution in [3.63, 3.8) is 0 Å². The average Bonchev–Trinajstić information content (AvgIpc) is 4.19. The molecule has 19 heteroatoms. The number of aromatic amines is 3. The van der Waals surface area contributed by atoms with Gasteiger partial charge in [-0.2, -0.15) is 0 Å². The van der Waals surface area contributed by atoms with Crippen molar-refractivity contribution in [1.82, 2.24) is 38.6 Å². The van der Waals surface area contributed by atoms with Crippen LogP contribution in [0.3, 0.4) is 0 Å². The fourth-order valence-electron chi connectivity index (χ4n) is 7.17. The molecule has 0 bridgehead atoms. The van der Waals surface area contributed by atoms with Crippen LogP contribution in [0.4, 0.5) is 20.2 Å². The number of aromatic carboxylic acids is 1. The molecule has 6 N–H and O–H groups in total. The van der Waals surface area contributed by atoms with E-state index in [2.05, 4.69) is 35.6 Å². The summed E-state index contributed by atoms with van der Waals surface area (Å²) in [5.74, 6) is -0.981. The molecule has 14 nitrogen and oxygen atoms in total. The molecule has 4 heterocycles. The highest BCUT2D eigenvalue weighted by Gasteiger charge is 2.20. The number of carboxylic acid groups (broad SMARTS) is 1. The van der Waals surface area contributed by atoms with Gasteiger partial charge < -0.3 is 30.7 Å². The van der Waals surface area contributed by atoms with Crippen LogP contribution in [0.2, 0.25) is 0 Å². The Bertz CT molecular complexity index is 3600. The molecule has 0 atom stereocenters. The third-order valence-corrected chi connectivity index (χ3v) is 12.4. The summed E-state index contributed by atoms with van der Waals surface area (Å²) in [7, 11) is 0. The van der Waals surface area contributed by atoms with E-state index in [-0.39, 0.29) is 29.1 Å². The minimum Gasteiger partial charge on any atom is -0.477 e. The van der Waals surface area contributed by atoms with Crippen LogP contribution in [-0.4, -0.2) is 61.5 Å². The number of nitrogens with zero attached hydrogens (tertiary/aromatic N) is 5. The van der Waals surface area contributed by atoms with Crippen LogP contribution >= 0.6 is 36.2 Å². The van der Waals surface area contributed by atoms with Crippen molar-refractivity contribution in [1.29, 1.82) is 0 Å². The van der Waals surface area contributed by atoms with Crippen LogP contribution in [0.25, 0.3) is 28.1 Å². The number of benzene rings is 6. The Hall–Kier alpha value is -8.52. The average molecular weight is 1020 g/mol. The Kier molecular flexibility index (Phi) is 15.6. The maximum Gasteiger partial charge on any atom is 0.354 e. The molecule has 72 heavy (non-hydrogen) atoms. The summed E-state index contributed by atoms with van der Waals surface area (Å²) in [5.41, 5.74) is 9.53. The topological polar surface area (TPSA) is 183 Å². The molecule has 362 valence electrons. The molecule has 0 aliphatic carbocycles. The van der Waals surface area contributed by atoms with Crippen LogP contribution in [0.1, 0.15) is 54.0 Å². The maximum atomic E-state index is 13.2. The number of hydrogen-bond donors (Lipinski definition) is 6. The normalized spacial score (nSPS) is 10.7. The Morgan fingerprint density at radius 1 is 0.597 bits per heavy atom. The lowest BCUT2D eigenvalue weighted by Gasteiger charge is -2.12. The summed E-state index contributed by atoms with van der Waals surface area (Å²) in [4.78, 5) is 54.6. The Labute approximate surface area is 425 Å². The smallest absolute Gasteiger partial charge is 0.354 e. The number of nitrogens with one attached hydrogen (secondary N) is 5. The van der Waals surface area contributed by atoms with Gasteiger partial charge in [-0.3, -0.25) is 23.3 Å². The predicted molar refractivity (Wildman–Crippen MR) is 281 cm³/mol. The van der Waals surface area contributed by atoms with E-state index in [4.69, 9.17) is 29.5 Å². The van der Waals surface area contributed by atoms with Crippen molar-refractivity contribution >= 4 is 76.4 Å². The molecule has 10 aromatic rings. The zero-order valence-electron chi connectivity index (χ0n) is 38.7. The third kappa shape index (κ3) is 12.1. The molecular weight excluding hydrogens is 975 g/mol. The van der Waals surface area contributed by atoms with Crippen molar-refractivity contribution in [2.75, 3.05) is 10.6 Å². The first kappa shape index (κ1) is 49.9. The summed E-state index contributed by atoms with van der Waals surface area (Å²) < 4.78 is 31.9. The highest BCUT2D eigenvalue weighted by atomic mass is 32.2. The minimum atomic E-state index is -1.01. The van der Waals surface area contributed by atoms with Gasteiger partial charge in [-0.15, -0.1) is 0 Å². The lowest BCUT2D eigenvalue weighted by atomic mass is 10.2. The monoisotopic (exact) mass is 1020 g/mol. The molecule has 0 saturated heterocycles. The number of rotatable bonds is 11. The number of aryl methyl sites for hydroxylation is 3. The van der Waals surface area contributed by atoms with Gasteiger partial charge in [0.25, 0.3) is 11.8 Å². The molecule has 6 aromatic carbocycles. The van der Waals surface area contributed by atoms with Crippen LogP contribution < -0.4 is 10.6 Å². The van der Waals surface area contributed by atoms with Crippen molar-refractivity contribution in [2.45, 2.75) is 31.7 Å². The number of carboxylic acids is 1. The summed E-state index contributed by atoms with van der Waals surface area (Å²) in [6.07, 6.45) is 4.51. The van der Waals surface area contributed by atoms with Crippen molar-refractivity contribution in [3.8, 4) is 17.1 Å². The summed E-state index contributed by atoms with van der Waals surface area (Å²) in [6, 6.07) is 42.2. The highest BCUT2D eigenvalue weighted by molar-refractivity contribution is 7.98. The largest absolute Gasteiger partial charge is 0.477 e. The van der Waals surface area contributed by atoms with E-state index in [1.165, 1.54) is 71.1 Å². The quantitative estimate of drug-likeness (QED) is 0.0542. The van der Waals surface area contributed by atoms with Gasteiger partial charge in [-0.1, -0.05) is 77.0 Å². The number of fused-ring (bicyclic) bond motifs is 1. The van der Waals surface area contributed by atoms with Crippen LogP contribution in [0, 0.1) is 41.9 Å². The van der Waals surface area contributed by atoms with E-state index in [1.807, 2.05) is 122 Å². The number of imidazole rings is 4. The molecule has 0 spiro atoms. The first-order valence-electron chi connectivity index (χ1n) is 22.0. The Morgan fingerprint density at radius 3 is 1.53 bits per heavy atom. The van der Waals surface area contributed by atoms with Gasteiger partial charge in [0.05, 0.1) is 23.0 Å². The first-order chi connectivity index (χ1) is 34.7.